The van der Waals surface area contributed by atoms with E-state index < -0.39 is 0 Å². The van der Waals surface area contributed by atoms with Gasteiger partial charge in [-0.2, -0.15) is 0 Å². The van der Waals surface area contributed by atoms with Crippen molar-refractivity contribution in [1.29, 1.82) is 0 Å². The maximum absolute atomic E-state index is 12.1. The highest BCUT2D eigenvalue weighted by molar-refractivity contribution is 6.04. The van der Waals surface area contributed by atoms with Gasteiger partial charge in [0.15, 0.2) is 0 Å². The lowest BCUT2D eigenvalue weighted by Gasteiger charge is -2.09. The molecule has 0 saturated heterocycles. The van der Waals surface area contributed by atoms with E-state index in [0.717, 1.165) is 16.9 Å². The molecule has 0 radical (unpaired) electrons. The molecule has 92 valence electrons. The average Bonchev–Trinajstić information content (AvgIpc) is 2.39. The first-order valence-corrected chi connectivity index (χ1v) is 5.72. The number of para-hydroxylation sites is 1. The Morgan fingerprint density at radius 1 is 1.33 bits per heavy atom. The number of amides is 1. The zero-order valence-corrected chi connectivity index (χ0v) is 10.2. The van der Waals surface area contributed by atoms with Crippen molar-refractivity contribution in [3.63, 3.8) is 0 Å². The largest absolute Gasteiger partial charge is 0.326 e. The quantitative estimate of drug-likeness (QED) is 0.864. The van der Waals surface area contributed by atoms with Crippen molar-refractivity contribution in [3.05, 3.63) is 59.4 Å². The smallest absolute Gasteiger partial charge is 0.255 e. The number of carbonyl (C=O) groups is 1. The Hall–Kier alpha value is -2.20. The summed E-state index contributed by atoms with van der Waals surface area (Å²) in [6.45, 7) is 2.25. The molecule has 0 unspecified atom stereocenters. The van der Waals surface area contributed by atoms with Crippen molar-refractivity contribution in [2.24, 2.45) is 5.73 Å². The molecule has 2 rings (SSSR count). The van der Waals surface area contributed by atoms with Gasteiger partial charge in [-0.15, -0.1) is 0 Å². The minimum absolute atomic E-state index is 0.151. The molecule has 1 aromatic heterocycles. The van der Waals surface area contributed by atoms with Crippen LogP contribution in [0.2, 0.25) is 0 Å². The summed E-state index contributed by atoms with van der Waals surface area (Å²) in [5.41, 5.74) is 8.70. The molecule has 4 heteroatoms. The van der Waals surface area contributed by atoms with E-state index >= 15 is 0 Å². The maximum Gasteiger partial charge on any atom is 0.255 e. The third kappa shape index (κ3) is 2.73. The Balaban J connectivity index is 2.21. The number of nitrogens with zero attached hydrogens (tertiary/aromatic N) is 1. The number of anilines is 1. The number of hydrogen-bond donors (Lipinski definition) is 2. The summed E-state index contributed by atoms with van der Waals surface area (Å²) in [7, 11) is 0. The van der Waals surface area contributed by atoms with Crippen LogP contribution in [0.3, 0.4) is 0 Å². The standard InChI is InChI=1S/C14H15N3O/c1-10-8-11(6-7-16-10)14(18)17-13-5-3-2-4-12(13)9-15/h2-8H,9,15H2,1H3,(H,17,18). The molecule has 1 heterocycles. The lowest BCUT2D eigenvalue weighted by Crippen LogP contribution is -2.14. The number of nitrogens with two attached hydrogens (primary N) is 1. The molecule has 2 aromatic rings. The monoisotopic (exact) mass is 241 g/mol. The lowest BCUT2D eigenvalue weighted by molar-refractivity contribution is 0.102. The van der Waals surface area contributed by atoms with Crippen LogP contribution in [0.5, 0.6) is 0 Å². The fraction of sp³-hybridized carbons (Fsp3) is 0.143. The van der Waals surface area contributed by atoms with Gasteiger partial charge in [-0.3, -0.25) is 9.78 Å². The molecule has 0 atom stereocenters. The molecule has 18 heavy (non-hydrogen) atoms. The molecule has 4 nitrogen and oxygen atoms in total. The fourth-order valence-corrected chi connectivity index (χ4v) is 1.70. The molecule has 0 saturated carbocycles. The number of aryl methyl sites for hydroxylation is 1. The lowest BCUT2D eigenvalue weighted by atomic mass is 10.1. The summed E-state index contributed by atoms with van der Waals surface area (Å²) in [4.78, 5) is 16.1. The number of pyridine rings is 1. The van der Waals surface area contributed by atoms with Gasteiger partial charge in [-0.25, -0.2) is 0 Å². The highest BCUT2D eigenvalue weighted by Crippen LogP contribution is 2.15. The first kappa shape index (κ1) is 12.3. The van der Waals surface area contributed by atoms with Gasteiger partial charge >= 0.3 is 0 Å². The third-order valence-corrected chi connectivity index (χ3v) is 2.64. The predicted octanol–water partition coefficient (Wildman–Crippen LogP) is 2.10. The van der Waals surface area contributed by atoms with E-state index in [4.69, 9.17) is 5.73 Å². The van der Waals surface area contributed by atoms with E-state index in [-0.39, 0.29) is 5.91 Å². The number of hydrogen-bond acceptors (Lipinski definition) is 3. The number of benzene rings is 1. The first-order chi connectivity index (χ1) is 8.70. The molecular weight excluding hydrogens is 226 g/mol. The Labute approximate surface area is 106 Å². The molecular formula is C14H15N3O. The van der Waals surface area contributed by atoms with Crippen molar-refractivity contribution in [3.8, 4) is 0 Å². The molecule has 1 amide bonds. The van der Waals surface area contributed by atoms with Crippen LogP contribution >= 0.6 is 0 Å². The second-order valence-corrected chi connectivity index (χ2v) is 4.00. The van der Waals surface area contributed by atoms with Gasteiger partial charge in [0.25, 0.3) is 5.91 Å². The van der Waals surface area contributed by atoms with Crippen molar-refractivity contribution in [1.82, 2.24) is 4.98 Å². The Kier molecular flexibility index (Phi) is 3.69. The van der Waals surface area contributed by atoms with Crippen LogP contribution in [0, 0.1) is 6.92 Å². The number of rotatable bonds is 3. The zero-order chi connectivity index (χ0) is 13.0. The topological polar surface area (TPSA) is 68.0 Å². The number of nitrogens with one attached hydrogen (secondary N) is 1. The predicted molar refractivity (Wildman–Crippen MR) is 71.3 cm³/mol. The summed E-state index contributed by atoms with van der Waals surface area (Å²) in [5, 5.41) is 2.86. The molecule has 0 aliphatic heterocycles. The van der Waals surface area contributed by atoms with Gasteiger partial charge in [-0.1, -0.05) is 18.2 Å². The zero-order valence-electron chi connectivity index (χ0n) is 10.2. The van der Waals surface area contributed by atoms with E-state index in [2.05, 4.69) is 10.3 Å². The normalized spacial score (nSPS) is 10.1. The Bertz CT molecular complexity index is 566. The van der Waals surface area contributed by atoms with Crippen LogP contribution in [0.4, 0.5) is 5.69 Å². The van der Waals surface area contributed by atoms with E-state index in [1.165, 1.54) is 0 Å². The second kappa shape index (κ2) is 5.42. The van der Waals surface area contributed by atoms with Crippen molar-refractivity contribution in [2.75, 3.05) is 5.32 Å². The minimum atomic E-state index is -0.151. The summed E-state index contributed by atoms with van der Waals surface area (Å²) < 4.78 is 0. The van der Waals surface area contributed by atoms with Crippen LogP contribution < -0.4 is 11.1 Å². The molecule has 0 bridgehead atoms. The van der Waals surface area contributed by atoms with E-state index in [1.807, 2.05) is 31.2 Å². The molecule has 0 fully saturated rings. The van der Waals surface area contributed by atoms with Crippen molar-refractivity contribution < 1.29 is 4.79 Å². The van der Waals surface area contributed by atoms with Gasteiger partial charge in [0.05, 0.1) is 0 Å². The fourth-order valence-electron chi connectivity index (χ4n) is 1.70. The summed E-state index contributed by atoms with van der Waals surface area (Å²) in [6.07, 6.45) is 1.62. The Morgan fingerprint density at radius 3 is 2.83 bits per heavy atom. The highest BCUT2D eigenvalue weighted by atomic mass is 16.1. The van der Waals surface area contributed by atoms with Crippen LogP contribution in [0.1, 0.15) is 21.6 Å². The summed E-state index contributed by atoms with van der Waals surface area (Å²) >= 11 is 0. The SMILES string of the molecule is Cc1cc(C(=O)Nc2ccccc2CN)ccn1. The van der Waals surface area contributed by atoms with Crippen LogP contribution in [0.25, 0.3) is 0 Å². The van der Waals surface area contributed by atoms with Gasteiger partial charge in [0, 0.05) is 29.7 Å². The van der Waals surface area contributed by atoms with E-state index in [0.29, 0.717) is 12.1 Å². The third-order valence-electron chi connectivity index (χ3n) is 2.64. The van der Waals surface area contributed by atoms with E-state index in [1.54, 1.807) is 18.3 Å². The molecule has 1 aromatic carbocycles. The summed E-state index contributed by atoms with van der Waals surface area (Å²) in [6, 6.07) is 10.9. The number of aromatic nitrogens is 1. The minimum Gasteiger partial charge on any atom is -0.326 e. The molecule has 3 N–H and O–H groups in total. The van der Waals surface area contributed by atoms with Gasteiger partial charge < -0.3 is 11.1 Å². The van der Waals surface area contributed by atoms with Crippen LogP contribution in [-0.2, 0) is 6.54 Å². The van der Waals surface area contributed by atoms with Crippen LogP contribution in [0.15, 0.2) is 42.6 Å². The molecule has 0 aliphatic rings. The van der Waals surface area contributed by atoms with Crippen molar-refractivity contribution in [2.45, 2.75) is 13.5 Å². The van der Waals surface area contributed by atoms with Crippen LogP contribution in [-0.4, -0.2) is 10.9 Å². The van der Waals surface area contributed by atoms with E-state index in [9.17, 15) is 4.79 Å². The second-order valence-electron chi connectivity index (χ2n) is 4.00. The number of carbonyl (C=O) groups excluding carboxylic acids is 1. The highest BCUT2D eigenvalue weighted by Gasteiger charge is 2.08. The maximum atomic E-state index is 12.1. The molecule has 0 aliphatic carbocycles. The Morgan fingerprint density at radius 2 is 2.11 bits per heavy atom. The van der Waals surface area contributed by atoms with Crippen molar-refractivity contribution >= 4 is 11.6 Å². The molecule has 0 spiro atoms. The van der Waals surface area contributed by atoms with Gasteiger partial charge in [0.1, 0.15) is 0 Å². The first-order valence-electron chi connectivity index (χ1n) is 5.72. The van der Waals surface area contributed by atoms with Gasteiger partial charge in [-0.05, 0) is 30.7 Å². The van der Waals surface area contributed by atoms with Gasteiger partial charge in [0.2, 0.25) is 0 Å². The average molecular weight is 241 g/mol. The summed E-state index contributed by atoms with van der Waals surface area (Å²) in [5.74, 6) is -0.151.